The molecule has 0 aliphatic carbocycles. The summed E-state index contributed by atoms with van der Waals surface area (Å²) in [5, 5.41) is 3.84. The second-order valence-corrected chi connectivity index (χ2v) is 5.76. The molecular weight excluding hydrogens is 208 g/mol. The number of amides is 1. The van der Waals surface area contributed by atoms with Crippen LogP contribution in [-0.2, 0) is 4.79 Å². The molecule has 0 radical (unpaired) electrons. The third kappa shape index (κ3) is 4.43. The van der Waals surface area contributed by atoms with Crippen LogP contribution in [0.25, 0.3) is 0 Å². The fourth-order valence-corrected chi connectivity index (χ4v) is 2.58. The normalized spacial score (nSPS) is 23.9. The van der Waals surface area contributed by atoms with Gasteiger partial charge in [-0.15, -0.1) is 0 Å². The number of hydrogen-bond donors (Lipinski definition) is 1. The van der Waals surface area contributed by atoms with Gasteiger partial charge >= 0.3 is 0 Å². The molecular formula is C11H22N2OS. The summed E-state index contributed by atoms with van der Waals surface area (Å²) in [5.74, 6) is 1.33. The number of hydrogen-bond acceptors (Lipinski definition) is 3. The highest BCUT2D eigenvalue weighted by Gasteiger charge is 2.20. The van der Waals surface area contributed by atoms with E-state index in [1.807, 2.05) is 16.7 Å². The van der Waals surface area contributed by atoms with E-state index in [0.29, 0.717) is 17.8 Å². The van der Waals surface area contributed by atoms with Gasteiger partial charge in [0.2, 0.25) is 5.91 Å². The SMILES string of the molecule is CCC(C)NCC(=O)N1CCSC(C)C1. The average Bonchev–Trinajstić information content (AvgIpc) is 2.25. The Morgan fingerprint density at radius 1 is 1.67 bits per heavy atom. The number of nitrogens with one attached hydrogen (secondary N) is 1. The lowest BCUT2D eigenvalue weighted by Gasteiger charge is -2.31. The topological polar surface area (TPSA) is 32.3 Å². The lowest BCUT2D eigenvalue weighted by atomic mass is 10.2. The molecule has 0 saturated carbocycles. The summed E-state index contributed by atoms with van der Waals surface area (Å²) in [6, 6.07) is 0.436. The highest BCUT2D eigenvalue weighted by molar-refractivity contribution is 7.99. The van der Waals surface area contributed by atoms with Crippen LogP contribution in [0.15, 0.2) is 0 Å². The maximum absolute atomic E-state index is 11.8. The first-order chi connectivity index (χ1) is 7.13. The Hall–Kier alpha value is -0.220. The quantitative estimate of drug-likeness (QED) is 0.791. The number of carbonyl (C=O) groups excluding carboxylic acids is 1. The van der Waals surface area contributed by atoms with Crippen molar-refractivity contribution < 1.29 is 4.79 Å². The molecule has 15 heavy (non-hydrogen) atoms. The van der Waals surface area contributed by atoms with Crippen LogP contribution in [0.5, 0.6) is 0 Å². The van der Waals surface area contributed by atoms with Gasteiger partial charge in [0.25, 0.3) is 0 Å². The van der Waals surface area contributed by atoms with Gasteiger partial charge in [0.1, 0.15) is 0 Å². The molecule has 1 rings (SSSR count). The van der Waals surface area contributed by atoms with Gasteiger partial charge in [-0.05, 0) is 13.3 Å². The van der Waals surface area contributed by atoms with E-state index in [1.165, 1.54) is 0 Å². The van der Waals surface area contributed by atoms with E-state index >= 15 is 0 Å². The van der Waals surface area contributed by atoms with Crippen LogP contribution in [0.1, 0.15) is 27.2 Å². The predicted molar refractivity (Wildman–Crippen MR) is 66.3 cm³/mol. The Balaban J connectivity index is 2.26. The molecule has 1 aliphatic heterocycles. The Morgan fingerprint density at radius 3 is 3.00 bits per heavy atom. The molecule has 0 bridgehead atoms. The summed E-state index contributed by atoms with van der Waals surface area (Å²) in [4.78, 5) is 13.8. The minimum absolute atomic E-state index is 0.252. The maximum atomic E-state index is 11.8. The molecule has 4 heteroatoms. The van der Waals surface area contributed by atoms with Gasteiger partial charge < -0.3 is 10.2 Å². The van der Waals surface area contributed by atoms with Crippen molar-refractivity contribution in [3.05, 3.63) is 0 Å². The van der Waals surface area contributed by atoms with Gasteiger partial charge in [0.15, 0.2) is 0 Å². The van der Waals surface area contributed by atoms with Crippen LogP contribution in [0.3, 0.4) is 0 Å². The Kier molecular flexibility index (Phi) is 5.47. The number of nitrogens with zero attached hydrogens (tertiary/aromatic N) is 1. The van der Waals surface area contributed by atoms with Crippen molar-refractivity contribution in [2.75, 3.05) is 25.4 Å². The average molecular weight is 230 g/mol. The summed E-state index contributed by atoms with van der Waals surface area (Å²) >= 11 is 1.95. The van der Waals surface area contributed by atoms with Crippen LogP contribution in [0, 0.1) is 0 Å². The molecule has 1 aliphatic rings. The van der Waals surface area contributed by atoms with E-state index in [-0.39, 0.29) is 5.91 Å². The molecule has 1 amide bonds. The van der Waals surface area contributed by atoms with Crippen LogP contribution >= 0.6 is 11.8 Å². The highest BCUT2D eigenvalue weighted by Crippen LogP contribution is 2.17. The monoisotopic (exact) mass is 230 g/mol. The molecule has 2 unspecified atom stereocenters. The molecule has 0 aromatic carbocycles. The van der Waals surface area contributed by atoms with Crippen molar-refractivity contribution in [3.8, 4) is 0 Å². The maximum Gasteiger partial charge on any atom is 0.236 e. The van der Waals surface area contributed by atoms with E-state index in [9.17, 15) is 4.79 Å². The van der Waals surface area contributed by atoms with Crippen LogP contribution in [0.2, 0.25) is 0 Å². The molecule has 1 fully saturated rings. The van der Waals surface area contributed by atoms with Crippen molar-refractivity contribution in [2.24, 2.45) is 0 Å². The van der Waals surface area contributed by atoms with Gasteiger partial charge in [0.05, 0.1) is 6.54 Å². The molecule has 1 saturated heterocycles. The summed E-state index contributed by atoms with van der Waals surface area (Å²) in [5.41, 5.74) is 0. The second kappa shape index (κ2) is 6.38. The number of carbonyl (C=O) groups is 1. The third-order valence-electron chi connectivity index (χ3n) is 2.81. The Labute approximate surface area is 97.0 Å². The largest absolute Gasteiger partial charge is 0.340 e. The van der Waals surface area contributed by atoms with Gasteiger partial charge in [-0.2, -0.15) is 11.8 Å². The van der Waals surface area contributed by atoms with Gasteiger partial charge in [-0.3, -0.25) is 4.79 Å². The Bertz CT molecular complexity index is 211. The van der Waals surface area contributed by atoms with E-state index in [0.717, 1.165) is 25.3 Å². The van der Waals surface area contributed by atoms with Crippen molar-refractivity contribution in [3.63, 3.8) is 0 Å². The fraction of sp³-hybridized carbons (Fsp3) is 0.909. The lowest BCUT2D eigenvalue weighted by Crippen LogP contribution is -2.46. The molecule has 1 N–H and O–H groups in total. The minimum Gasteiger partial charge on any atom is -0.340 e. The number of rotatable bonds is 4. The summed E-state index contributed by atoms with van der Waals surface area (Å²) in [7, 11) is 0. The lowest BCUT2D eigenvalue weighted by molar-refractivity contribution is -0.130. The first-order valence-electron chi connectivity index (χ1n) is 5.76. The van der Waals surface area contributed by atoms with E-state index in [4.69, 9.17) is 0 Å². The summed E-state index contributed by atoms with van der Waals surface area (Å²) in [6.07, 6.45) is 1.07. The van der Waals surface area contributed by atoms with Crippen molar-refractivity contribution >= 4 is 17.7 Å². The molecule has 0 aromatic rings. The van der Waals surface area contributed by atoms with Crippen molar-refractivity contribution in [2.45, 2.75) is 38.5 Å². The van der Waals surface area contributed by atoms with Gasteiger partial charge in [0, 0.05) is 30.1 Å². The molecule has 2 atom stereocenters. The van der Waals surface area contributed by atoms with Gasteiger partial charge in [-0.25, -0.2) is 0 Å². The van der Waals surface area contributed by atoms with Gasteiger partial charge in [-0.1, -0.05) is 13.8 Å². The third-order valence-corrected chi connectivity index (χ3v) is 3.94. The zero-order valence-electron chi connectivity index (χ0n) is 9.95. The van der Waals surface area contributed by atoms with Crippen molar-refractivity contribution in [1.29, 1.82) is 0 Å². The fourth-order valence-electron chi connectivity index (χ4n) is 1.56. The zero-order chi connectivity index (χ0) is 11.3. The highest BCUT2D eigenvalue weighted by atomic mass is 32.2. The van der Waals surface area contributed by atoms with E-state index < -0.39 is 0 Å². The number of thioether (sulfide) groups is 1. The first-order valence-corrected chi connectivity index (χ1v) is 6.81. The van der Waals surface area contributed by atoms with E-state index in [1.54, 1.807) is 0 Å². The molecule has 0 aromatic heterocycles. The van der Waals surface area contributed by atoms with Crippen LogP contribution in [-0.4, -0.2) is 47.5 Å². The predicted octanol–water partition coefficient (Wildman–Crippen LogP) is 1.34. The molecule has 3 nitrogen and oxygen atoms in total. The summed E-state index contributed by atoms with van der Waals surface area (Å²) in [6.45, 7) is 8.74. The second-order valence-electron chi connectivity index (χ2n) is 4.21. The zero-order valence-corrected chi connectivity index (χ0v) is 10.8. The molecule has 88 valence electrons. The molecule has 1 heterocycles. The van der Waals surface area contributed by atoms with Crippen molar-refractivity contribution in [1.82, 2.24) is 10.2 Å². The molecule has 0 spiro atoms. The first kappa shape index (κ1) is 12.8. The minimum atomic E-state index is 0.252. The van der Waals surface area contributed by atoms with Crippen LogP contribution < -0.4 is 5.32 Å². The summed E-state index contributed by atoms with van der Waals surface area (Å²) < 4.78 is 0. The van der Waals surface area contributed by atoms with E-state index in [2.05, 4.69) is 26.1 Å². The van der Waals surface area contributed by atoms with Crippen LogP contribution in [0.4, 0.5) is 0 Å². The smallest absolute Gasteiger partial charge is 0.236 e. The standard InChI is InChI=1S/C11H22N2OS/c1-4-9(2)12-7-11(14)13-5-6-15-10(3)8-13/h9-10,12H,4-8H2,1-3H3. The Morgan fingerprint density at radius 2 is 2.40 bits per heavy atom.